The molecule has 1 aliphatic carbocycles. The van der Waals surface area contributed by atoms with Gasteiger partial charge in [-0.3, -0.25) is 4.79 Å². The first-order valence-corrected chi connectivity index (χ1v) is 6.04. The van der Waals surface area contributed by atoms with E-state index in [1.807, 2.05) is 0 Å². The third kappa shape index (κ3) is 2.72. The Morgan fingerprint density at radius 1 is 1.19 bits per heavy atom. The molecule has 1 heterocycles. The van der Waals surface area contributed by atoms with Gasteiger partial charge in [-0.15, -0.1) is 0 Å². The van der Waals surface area contributed by atoms with Crippen molar-refractivity contribution in [2.45, 2.75) is 43.9 Å². The molecule has 16 heavy (non-hydrogen) atoms. The molecule has 5 nitrogen and oxygen atoms in total. The van der Waals surface area contributed by atoms with E-state index >= 15 is 0 Å². The number of carbonyl (C=O) groups is 1. The predicted octanol–water partition coefficient (Wildman–Crippen LogP) is -0.917. The van der Waals surface area contributed by atoms with Gasteiger partial charge in [0.15, 0.2) is 0 Å². The summed E-state index contributed by atoms with van der Waals surface area (Å²) in [5.74, 6) is -0.0255. The van der Waals surface area contributed by atoms with Gasteiger partial charge in [0.2, 0.25) is 5.91 Å². The maximum absolute atomic E-state index is 11.7. The Morgan fingerprint density at radius 2 is 1.75 bits per heavy atom. The summed E-state index contributed by atoms with van der Waals surface area (Å²) in [5, 5.41) is 21.9. The summed E-state index contributed by atoms with van der Waals surface area (Å²) in [5.41, 5.74) is 0. The van der Waals surface area contributed by atoms with Gasteiger partial charge in [0.25, 0.3) is 0 Å². The second-order valence-corrected chi connectivity index (χ2v) is 4.80. The molecular formula is C11H20N2O3. The Hall–Kier alpha value is -0.650. The number of hydrogen-bond acceptors (Lipinski definition) is 4. The molecule has 1 amide bonds. The zero-order chi connectivity index (χ0) is 11.5. The molecule has 2 unspecified atom stereocenters. The number of nitrogens with one attached hydrogen (secondary N) is 1. The van der Waals surface area contributed by atoms with E-state index in [-0.39, 0.29) is 19.0 Å². The zero-order valence-corrected chi connectivity index (χ0v) is 9.43. The molecule has 2 fully saturated rings. The first kappa shape index (κ1) is 11.8. The van der Waals surface area contributed by atoms with E-state index in [1.165, 1.54) is 17.7 Å². The Morgan fingerprint density at radius 3 is 2.31 bits per heavy atom. The Bertz CT molecular complexity index is 244. The van der Waals surface area contributed by atoms with E-state index in [9.17, 15) is 15.0 Å². The Labute approximate surface area is 95.4 Å². The largest absolute Gasteiger partial charge is 0.388 e. The van der Waals surface area contributed by atoms with Crippen molar-refractivity contribution in [2.24, 2.45) is 0 Å². The van der Waals surface area contributed by atoms with Crippen LogP contribution in [0.15, 0.2) is 0 Å². The average Bonchev–Trinajstić information content (AvgIpc) is 2.86. The van der Waals surface area contributed by atoms with E-state index in [4.69, 9.17) is 0 Å². The Balaban J connectivity index is 1.71. The van der Waals surface area contributed by atoms with E-state index in [2.05, 4.69) is 5.32 Å². The van der Waals surface area contributed by atoms with Crippen molar-refractivity contribution in [3.05, 3.63) is 0 Å². The quantitative estimate of drug-likeness (QED) is 0.584. The van der Waals surface area contributed by atoms with Crippen LogP contribution >= 0.6 is 0 Å². The normalized spacial score (nSPS) is 31.2. The SMILES string of the molecule is O=C(CNC1CCCC1)N1CC(O)C(O)C1. The first-order valence-electron chi connectivity index (χ1n) is 6.04. The highest BCUT2D eigenvalue weighted by atomic mass is 16.3. The number of likely N-dealkylation sites (tertiary alicyclic amines) is 1. The van der Waals surface area contributed by atoms with Crippen molar-refractivity contribution in [1.29, 1.82) is 0 Å². The molecule has 2 rings (SSSR count). The van der Waals surface area contributed by atoms with Gasteiger partial charge in [-0.2, -0.15) is 0 Å². The summed E-state index contributed by atoms with van der Waals surface area (Å²) in [6.45, 7) is 0.836. The van der Waals surface area contributed by atoms with Gasteiger partial charge >= 0.3 is 0 Å². The highest BCUT2D eigenvalue weighted by Gasteiger charge is 2.32. The monoisotopic (exact) mass is 228 g/mol. The molecule has 0 radical (unpaired) electrons. The molecule has 92 valence electrons. The van der Waals surface area contributed by atoms with E-state index in [0.717, 1.165) is 12.8 Å². The standard InChI is InChI=1S/C11H20N2O3/c14-9-6-13(7-10(9)15)11(16)5-12-8-3-1-2-4-8/h8-10,12,14-15H,1-7H2. The van der Waals surface area contributed by atoms with Crippen LogP contribution in [0.3, 0.4) is 0 Å². The molecule has 2 atom stereocenters. The number of amides is 1. The van der Waals surface area contributed by atoms with Crippen molar-refractivity contribution >= 4 is 5.91 Å². The molecule has 5 heteroatoms. The minimum Gasteiger partial charge on any atom is -0.388 e. The molecule has 1 saturated heterocycles. The minimum absolute atomic E-state index is 0.0255. The van der Waals surface area contributed by atoms with Crippen LogP contribution in [0.1, 0.15) is 25.7 Å². The fraction of sp³-hybridized carbons (Fsp3) is 0.909. The summed E-state index contributed by atoms with van der Waals surface area (Å²) < 4.78 is 0. The van der Waals surface area contributed by atoms with Crippen molar-refractivity contribution in [1.82, 2.24) is 10.2 Å². The van der Waals surface area contributed by atoms with Gasteiger partial charge in [0.1, 0.15) is 0 Å². The fourth-order valence-corrected chi connectivity index (χ4v) is 2.45. The number of rotatable bonds is 3. The van der Waals surface area contributed by atoms with Gasteiger partial charge in [0, 0.05) is 19.1 Å². The molecule has 1 aliphatic heterocycles. The number of carbonyl (C=O) groups excluding carboxylic acids is 1. The third-order valence-corrected chi connectivity index (χ3v) is 3.51. The third-order valence-electron chi connectivity index (χ3n) is 3.51. The Kier molecular flexibility index (Phi) is 3.78. The van der Waals surface area contributed by atoms with E-state index in [1.54, 1.807) is 0 Å². The minimum atomic E-state index is -0.782. The summed E-state index contributed by atoms with van der Waals surface area (Å²) in [6.07, 6.45) is 3.22. The lowest BCUT2D eigenvalue weighted by molar-refractivity contribution is -0.129. The van der Waals surface area contributed by atoms with Crippen LogP contribution in [0.2, 0.25) is 0 Å². The van der Waals surface area contributed by atoms with Crippen molar-refractivity contribution < 1.29 is 15.0 Å². The van der Waals surface area contributed by atoms with Crippen molar-refractivity contribution in [3.63, 3.8) is 0 Å². The molecule has 2 aliphatic rings. The number of aliphatic hydroxyl groups excluding tert-OH is 2. The van der Waals surface area contributed by atoms with Crippen LogP contribution < -0.4 is 5.32 Å². The molecule has 3 N–H and O–H groups in total. The summed E-state index contributed by atoms with van der Waals surface area (Å²) in [4.78, 5) is 13.3. The van der Waals surface area contributed by atoms with Crippen molar-refractivity contribution in [2.75, 3.05) is 19.6 Å². The molecule has 1 saturated carbocycles. The number of nitrogens with zero attached hydrogens (tertiary/aromatic N) is 1. The highest BCUT2D eigenvalue weighted by Crippen LogP contribution is 2.17. The van der Waals surface area contributed by atoms with Crippen LogP contribution in [0.4, 0.5) is 0 Å². The molecule has 0 spiro atoms. The van der Waals surface area contributed by atoms with Crippen LogP contribution in [-0.4, -0.2) is 58.9 Å². The summed E-state index contributed by atoms with van der Waals surface area (Å²) >= 11 is 0. The number of β-amino-alcohol motifs (C(OH)–C–C–N with tert-alkyl or cyclic N) is 2. The van der Waals surface area contributed by atoms with Gasteiger partial charge in [-0.1, -0.05) is 12.8 Å². The molecular weight excluding hydrogens is 208 g/mol. The van der Waals surface area contributed by atoms with Crippen LogP contribution in [0, 0.1) is 0 Å². The fourth-order valence-electron chi connectivity index (χ4n) is 2.45. The summed E-state index contributed by atoms with van der Waals surface area (Å²) in [7, 11) is 0. The lowest BCUT2D eigenvalue weighted by Crippen LogP contribution is -2.40. The molecule has 0 aromatic rings. The van der Waals surface area contributed by atoms with Crippen LogP contribution in [-0.2, 0) is 4.79 Å². The van der Waals surface area contributed by atoms with Gasteiger partial charge < -0.3 is 20.4 Å². The van der Waals surface area contributed by atoms with Crippen LogP contribution in [0.25, 0.3) is 0 Å². The maximum atomic E-state index is 11.7. The average molecular weight is 228 g/mol. The van der Waals surface area contributed by atoms with Gasteiger partial charge in [-0.05, 0) is 12.8 Å². The first-order chi connectivity index (χ1) is 7.66. The lowest BCUT2D eigenvalue weighted by atomic mass is 10.2. The second-order valence-electron chi connectivity index (χ2n) is 4.80. The molecule has 0 bridgehead atoms. The van der Waals surface area contributed by atoms with Gasteiger partial charge in [-0.25, -0.2) is 0 Å². The predicted molar refractivity (Wildman–Crippen MR) is 58.9 cm³/mol. The second kappa shape index (κ2) is 5.12. The maximum Gasteiger partial charge on any atom is 0.236 e. The summed E-state index contributed by atoms with van der Waals surface area (Å²) in [6, 6.07) is 0.474. The number of hydrogen-bond donors (Lipinski definition) is 3. The van der Waals surface area contributed by atoms with Gasteiger partial charge in [0.05, 0.1) is 18.8 Å². The molecule has 0 aromatic carbocycles. The van der Waals surface area contributed by atoms with Crippen LogP contribution in [0.5, 0.6) is 0 Å². The van der Waals surface area contributed by atoms with E-state index in [0.29, 0.717) is 12.6 Å². The smallest absolute Gasteiger partial charge is 0.236 e. The van der Waals surface area contributed by atoms with Crippen molar-refractivity contribution in [3.8, 4) is 0 Å². The highest BCUT2D eigenvalue weighted by molar-refractivity contribution is 5.78. The molecule has 0 aromatic heterocycles. The topological polar surface area (TPSA) is 72.8 Å². The number of aliphatic hydroxyl groups is 2. The zero-order valence-electron chi connectivity index (χ0n) is 9.43. The lowest BCUT2D eigenvalue weighted by Gasteiger charge is -2.17. The van der Waals surface area contributed by atoms with E-state index < -0.39 is 12.2 Å².